The Bertz CT molecular complexity index is 987. The minimum absolute atomic E-state index is 0.216. The summed E-state index contributed by atoms with van der Waals surface area (Å²) in [5.41, 5.74) is -1.59. The van der Waals surface area contributed by atoms with E-state index in [-0.39, 0.29) is 11.3 Å². The Labute approximate surface area is 149 Å². The quantitative estimate of drug-likeness (QED) is 0.586. The van der Waals surface area contributed by atoms with Crippen molar-refractivity contribution in [2.24, 2.45) is 0 Å². The van der Waals surface area contributed by atoms with Gasteiger partial charge in [-0.2, -0.15) is 0 Å². The summed E-state index contributed by atoms with van der Waals surface area (Å²) in [7, 11) is -4.20. The Morgan fingerprint density at radius 2 is 1.92 bits per heavy atom. The van der Waals surface area contributed by atoms with E-state index < -0.39 is 59.9 Å². The van der Waals surface area contributed by atoms with Crippen molar-refractivity contribution in [3.63, 3.8) is 0 Å². The number of carbonyl (C=O) groups is 1. The highest BCUT2D eigenvalue weighted by Crippen LogP contribution is 2.36. The lowest BCUT2D eigenvalue weighted by molar-refractivity contribution is 0.103. The molecule has 140 valence electrons. The van der Waals surface area contributed by atoms with Crippen molar-refractivity contribution in [1.82, 2.24) is 14.9 Å². The number of nitrogens with one attached hydrogen (secondary N) is 1. The maximum absolute atomic E-state index is 14.0. The van der Waals surface area contributed by atoms with Gasteiger partial charge in [-0.25, -0.2) is 30.7 Å². The van der Waals surface area contributed by atoms with Crippen LogP contribution in [0.4, 0.5) is 17.6 Å². The average molecular weight is 409 g/mol. The first-order valence-electron chi connectivity index (χ1n) is 7.22. The van der Waals surface area contributed by atoms with Crippen molar-refractivity contribution in [2.45, 2.75) is 36.6 Å². The molecule has 0 aliphatic heterocycles. The summed E-state index contributed by atoms with van der Waals surface area (Å²) in [6.07, 6.45) is -1.81. The number of nitrogens with zero attached hydrogens (tertiary/aromatic N) is 2. The fraction of sp³-hybridized carbons (Fsp3) is 0.357. The van der Waals surface area contributed by atoms with Gasteiger partial charge in [-0.3, -0.25) is 4.79 Å². The Balaban J connectivity index is 2.01. The molecule has 0 radical (unpaired) electrons. The Morgan fingerprint density at radius 3 is 2.46 bits per heavy atom. The number of hydrogen-bond acceptors (Lipinski definition) is 6. The third kappa shape index (κ3) is 3.62. The minimum Gasteiger partial charge on any atom is -0.286 e. The first-order chi connectivity index (χ1) is 12.0. The molecule has 6 nitrogen and oxygen atoms in total. The first kappa shape index (κ1) is 18.9. The first-order valence-corrected chi connectivity index (χ1v) is 9.52. The van der Waals surface area contributed by atoms with Gasteiger partial charge in [0.2, 0.25) is 15.8 Å². The molecule has 1 aromatic heterocycles. The highest BCUT2D eigenvalue weighted by Gasteiger charge is 2.41. The largest absolute Gasteiger partial charge is 0.291 e. The molecule has 0 saturated heterocycles. The maximum Gasteiger partial charge on any atom is 0.291 e. The van der Waals surface area contributed by atoms with Gasteiger partial charge in [0.25, 0.3) is 6.43 Å². The Hall–Kier alpha value is -1.92. The SMILES string of the molecule is CC1(NS(=O)(=O)c2cc(F)c(F)c(C(=O)c3nnc(C(F)F)s3)c2)CC1. The molecule has 1 aliphatic rings. The van der Waals surface area contributed by atoms with E-state index in [1.54, 1.807) is 6.92 Å². The third-order valence-corrected chi connectivity index (χ3v) is 6.31. The van der Waals surface area contributed by atoms with Crippen LogP contribution in [0.1, 0.15) is 46.6 Å². The van der Waals surface area contributed by atoms with Gasteiger partial charge < -0.3 is 0 Å². The van der Waals surface area contributed by atoms with Crippen molar-refractivity contribution in [3.05, 3.63) is 39.3 Å². The molecular formula is C14H11F4N3O3S2. The average Bonchev–Trinajstić information content (AvgIpc) is 3.08. The number of aromatic nitrogens is 2. The van der Waals surface area contributed by atoms with E-state index >= 15 is 0 Å². The standard InChI is InChI=1S/C14H11F4N3O3S2/c1-14(2-3-14)21-26(23,24)6-4-7(9(16)8(15)5-6)10(22)12-19-20-13(25-12)11(17)18/h4-5,11,21H,2-3H2,1H3. The van der Waals surface area contributed by atoms with Gasteiger partial charge in [0.1, 0.15) is 0 Å². The molecular weight excluding hydrogens is 398 g/mol. The van der Waals surface area contributed by atoms with Crippen LogP contribution in [0.25, 0.3) is 0 Å². The molecule has 12 heteroatoms. The molecule has 0 bridgehead atoms. The van der Waals surface area contributed by atoms with Gasteiger partial charge in [-0.05, 0) is 31.9 Å². The number of rotatable bonds is 6. The zero-order valence-electron chi connectivity index (χ0n) is 13.1. The molecule has 26 heavy (non-hydrogen) atoms. The predicted molar refractivity (Wildman–Crippen MR) is 82.6 cm³/mol. The van der Waals surface area contributed by atoms with Crippen LogP contribution >= 0.6 is 11.3 Å². The Morgan fingerprint density at radius 1 is 1.27 bits per heavy atom. The summed E-state index contributed by atoms with van der Waals surface area (Å²) < 4.78 is 80.0. The second-order valence-corrected chi connectivity index (χ2v) is 8.70. The number of hydrogen-bond donors (Lipinski definition) is 1. The molecule has 0 amide bonds. The highest BCUT2D eigenvalue weighted by atomic mass is 32.2. The molecule has 0 atom stereocenters. The monoisotopic (exact) mass is 409 g/mol. The van der Waals surface area contributed by atoms with Crippen LogP contribution in [0, 0.1) is 11.6 Å². The van der Waals surface area contributed by atoms with Crippen LogP contribution in [0.3, 0.4) is 0 Å². The molecule has 2 aromatic rings. The number of ketones is 1. The second-order valence-electron chi connectivity index (χ2n) is 6.01. The van der Waals surface area contributed by atoms with Gasteiger partial charge in [-0.1, -0.05) is 11.3 Å². The molecule has 1 aliphatic carbocycles. The van der Waals surface area contributed by atoms with E-state index in [9.17, 15) is 30.8 Å². The van der Waals surface area contributed by atoms with Crippen LogP contribution in [0.5, 0.6) is 0 Å². The van der Waals surface area contributed by atoms with E-state index in [4.69, 9.17) is 0 Å². The van der Waals surface area contributed by atoms with Crippen LogP contribution < -0.4 is 4.72 Å². The van der Waals surface area contributed by atoms with Crippen molar-refractivity contribution in [3.8, 4) is 0 Å². The van der Waals surface area contributed by atoms with Gasteiger partial charge in [0.15, 0.2) is 21.6 Å². The lowest BCUT2D eigenvalue weighted by Crippen LogP contribution is -2.34. The number of sulfonamides is 1. The smallest absolute Gasteiger partial charge is 0.286 e. The van der Waals surface area contributed by atoms with Gasteiger partial charge in [0.05, 0.1) is 10.5 Å². The van der Waals surface area contributed by atoms with E-state index in [0.29, 0.717) is 25.0 Å². The van der Waals surface area contributed by atoms with Gasteiger partial charge in [0, 0.05) is 5.54 Å². The zero-order chi connectivity index (χ0) is 19.3. The van der Waals surface area contributed by atoms with Crippen molar-refractivity contribution >= 4 is 27.1 Å². The van der Waals surface area contributed by atoms with E-state index in [0.717, 1.165) is 0 Å². The van der Waals surface area contributed by atoms with Crippen molar-refractivity contribution in [1.29, 1.82) is 0 Å². The number of halogens is 4. The third-order valence-electron chi connectivity index (χ3n) is 3.76. The lowest BCUT2D eigenvalue weighted by Gasteiger charge is -2.13. The summed E-state index contributed by atoms with van der Waals surface area (Å²) in [4.78, 5) is 11.6. The topological polar surface area (TPSA) is 89.0 Å². The molecule has 1 N–H and O–H groups in total. The summed E-state index contributed by atoms with van der Waals surface area (Å²) in [6.45, 7) is 1.64. The molecule has 1 heterocycles. The van der Waals surface area contributed by atoms with Gasteiger partial charge in [-0.15, -0.1) is 10.2 Å². The normalized spacial score (nSPS) is 16.1. The van der Waals surface area contributed by atoms with Crippen LogP contribution in [0.15, 0.2) is 17.0 Å². The van der Waals surface area contributed by atoms with E-state index in [1.807, 2.05) is 0 Å². The summed E-state index contributed by atoms with van der Waals surface area (Å²) in [5, 5.41) is 4.96. The predicted octanol–water partition coefficient (Wildman–Crippen LogP) is 2.82. The highest BCUT2D eigenvalue weighted by molar-refractivity contribution is 7.89. The zero-order valence-corrected chi connectivity index (χ0v) is 14.7. The fourth-order valence-corrected chi connectivity index (χ4v) is 4.24. The Kier molecular flexibility index (Phi) is 4.61. The fourth-order valence-electron chi connectivity index (χ4n) is 2.09. The molecule has 1 aromatic carbocycles. The number of benzene rings is 1. The van der Waals surface area contributed by atoms with Gasteiger partial charge >= 0.3 is 0 Å². The number of alkyl halides is 2. The van der Waals surface area contributed by atoms with Crippen molar-refractivity contribution < 1.29 is 30.8 Å². The lowest BCUT2D eigenvalue weighted by atomic mass is 10.1. The van der Waals surface area contributed by atoms with Crippen LogP contribution in [0.2, 0.25) is 0 Å². The van der Waals surface area contributed by atoms with Crippen molar-refractivity contribution in [2.75, 3.05) is 0 Å². The number of carbonyl (C=O) groups excluding carboxylic acids is 1. The summed E-state index contributed by atoms with van der Waals surface area (Å²) in [6, 6.07) is 1.10. The van der Waals surface area contributed by atoms with E-state index in [2.05, 4.69) is 14.9 Å². The maximum atomic E-state index is 14.0. The van der Waals surface area contributed by atoms with Crippen LogP contribution in [-0.4, -0.2) is 29.9 Å². The molecule has 3 rings (SSSR count). The van der Waals surface area contributed by atoms with E-state index in [1.165, 1.54) is 0 Å². The summed E-state index contributed by atoms with van der Waals surface area (Å²) in [5.74, 6) is -4.39. The van der Waals surface area contributed by atoms with Crippen LogP contribution in [-0.2, 0) is 10.0 Å². The second kappa shape index (κ2) is 6.35. The molecule has 1 fully saturated rings. The summed E-state index contributed by atoms with van der Waals surface area (Å²) >= 11 is 0.216. The molecule has 0 unspecified atom stereocenters. The molecule has 0 spiro atoms. The molecule has 1 saturated carbocycles. The minimum atomic E-state index is -4.20.